The fraction of sp³-hybridized carbons (Fsp3) is 0.833. The Balaban J connectivity index is 3.46. The summed E-state index contributed by atoms with van der Waals surface area (Å²) in [6.07, 6.45) is 0.263. The zero-order valence-corrected chi connectivity index (χ0v) is 5.63. The second kappa shape index (κ2) is 4.47. The molecule has 0 aromatic heterocycles. The summed E-state index contributed by atoms with van der Waals surface area (Å²) in [5.41, 5.74) is 5.03. The lowest BCUT2D eigenvalue weighted by atomic mass is 10.1. The van der Waals surface area contributed by atoms with Crippen molar-refractivity contribution in [1.29, 1.82) is 0 Å². The van der Waals surface area contributed by atoms with Crippen molar-refractivity contribution in [3.63, 3.8) is 0 Å². The van der Waals surface area contributed by atoms with Crippen molar-refractivity contribution in [3.8, 4) is 0 Å². The Kier molecular flexibility index (Phi) is 4.26. The van der Waals surface area contributed by atoms with Gasteiger partial charge < -0.3 is 10.8 Å². The highest BCUT2D eigenvalue weighted by atomic mass is 16.3. The zero-order chi connectivity index (χ0) is 7.28. The van der Waals surface area contributed by atoms with E-state index in [0.29, 0.717) is 6.42 Å². The average Bonchev–Trinajstić information content (AvgIpc) is 1.87. The van der Waals surface area contributed by atoms with Crippen molar-refractivity contribution in [1.82, 2.24) is 0 Å². The van der Waals surface area contributed by atoms with Crippen molar-refractivity contribution in [2.24, 2.45) is 5.73 Å². The molecule has 0 aliphatic carbocycles. The molecule has 0 rings (SSSR count). The molecule has 0 radical (unpaired) electrons. The summed E-state index contributed by atoms with van der Waals surface area (Å²) < 4.78 is 0. The Morgan fingerprint density at radius 1 is 1.78 bits per heavy atom. The van der Waals surface area contributed by atoms with E-state index in [-0.39, 0.29) is 12.3 Å². The predicted octanol–water partition coefficient (Wildman–Crippen LogP) is -0.325. The normalized spacial score (nSPS) is 13.2. The van der Waals surface area contributed by atoms with E-state index in [1.807, 2.05) is 6.92 Å². The van der Waals surface area contributed by atoms with Crippen molar-refractivity contribution < 1.29 is 9.90 Å². The summed E-state index contributed by atoms with van der Waals surface area (Å²) in [6.45, 7) is 1.93. The molecule has 0 aromatic carbocycles. The summed E-state index contributed by atoms with van der Waals surface area (Å²) in [4.78, 5) is 10.6. The molecule has 0 spiro atoms. The maximum atomic E-state index is 10.6. The molecule has 3 nitrogen and oxygen atoms in total. The first-order valence-corrected chi connectivity index (χ1v) is 3.13. The molecule has 3 heteroatoms. The number of nitrogens with two attached hydrogens (primary N) is 1. The Hall–Kier alpha value is -0.410. The Morgan fingerprint density at radius 2 is 2.33 bits per heavy atom. The van der Waals surface area contributed by atoms with Crippen LogP contribution in [0.25, 0.3) is 0 Å². The first-order valence-electron chi connectivity index (χ1n) is 3.13. The van der Waals surface area contributed by atoms with Gasteiger partial charge >= 0.3 is 0 Å². The Morgan fingerprint density at radius 3 is 2.67 bits per heavy atom. The van der Waals surface area contributed by atoms with E-state index < -0.39 is 6.10 Å². The van der Waals surface area contributed by atoms with Crippen molar-refractivity contribution in [2.75, 3.05) is 6.54 Å². The molecule has 1 unspecified atom stereocenters. The lowest BCUT2D eigenvalue weighted by molar-refractivity contribution is -0.126. The molecule has 0 bridgehead atoms. The van der Waals surface area contributed by atoms with Crippen molar-refractivity contribution >= 4 is 5.78 Å². The largest absolute Gasteiger partial charge is 0.384 e. The number of aliphatic hydroxyl groups is 1. The van der Waals surface area contributed by atoms with Crippen LogP contribution in [0, 0.1) is 0 Å². The molecular weight excluding hydrogens is 118 g/mol. The quantitative estimate of drug-likeness (QED) is 0.549. The number of hydrogen-bond acceptors (Lipinski definition) is 3. The fourth-order valence-electron chi connectivity index (χ4n) is 0.544. The number of aliphatic hydroxyl groups excluding tert-OH is 1. The van der Waals surface area contributed by atoms with Crippen LogP contribution in [-0.2, 0) is 4.79 Å². The predicted molar refractivity (Wildman–Crippen MR) is 35.0 cm³/mol. The Bertz CT molecular complexity index is 93.1. The molecule has 0 aromatic rings. The minimum absolute atomic E-state index is 0.0405. The zero-order valence-electron chi connectivity index (χ0n) is 5.63. The van der Waals surface area contributed by atoms with E-state index in [2.05, 4.69) is 0 Å². The van der Waals surface area contributed by atoms with Gasteiger partial charge in [-0.05, 0) is 6.42 Å². The number of hydrogen-bond donors (Lipinski definition) is 2. The third kappa shape index (κ3) is 3.21. The smallest absolute Gasteiger partial charge is 0.162 e. The van der Waals surface area contributed by atoms with E-state index >= 15 is 0 Å². The summed E-state index contributed by atoms with van der Waals surface area (Å²) in [6, 6.07) is 0. The Labute approximate surface area is 54.9 Å². The van der Waals surface area contributed by atoms with Crippen LogP contribution < -0.4 is 5.73 Å². The molecule has 54 valence electrons. The number of Topliss-reactive ketones (excluding diaryl/α,β-unsaturated/α-hetero) is 1. The number of rotatable bonds is 4. The molecule has 0 saturated carbocycles. The first-order chi connectivity index (χ1) is 4.22. The van der Waals surface area contributed by atoms with Gasteiger partial charge in [0.15, 0.2) is 5.78 Å². The van der Waals surface area contributed by atoms with Gasteiger partial charge in [-0.15, -0.1) is 0 Å². The molecule has 3 N–H and O–H groups in total. The van der Waals surface area contributed by atoms with E-state index in [1.54, 1.807) is 0 Å². The van der Waals surface area contributed by atoms with Crippen molar-refractivity contribution in [2.45, 2.75) is 25.9 Å². The van der Waals surface area contributed by atoms with Gasteiger partial charge in [-0.3, -0.25) is 4.79 Å². The molecule has 0 saturated heterocycles. The van der Waals surface area contributed by atoms with E-state index in [9.17, 15) is 4.79 Å². The monoisotopic (exact) mass is 131 g/mol. The minimum atomic E-state index is -0.940. The lowest BCUT2D eigenvalue weighted by Crippen LogP contribution is -2.28. The van der Waals surface area contributed by atoms with Gasteiger partial charge in [0.25, 0.3) is 0 Å². The topological polar surface area (TPSA) is 63.3 Å². The van der Waals surface area contributed by atoms with Gasteiger partial charge in [0, 0.05) is 13.0 Å². The average molecular weight is 131 g/mol. The molecule has 0 aliphatic rings. The molecule has 0 amide bonds. The highest BCUT2D eigenvalue weighted by Gasteiger charge is 2.09. The number of carbonyl (C=O) groups is 1. The summed E-state index contributed by atoms with van der Waals surface area (Å²) in [5, 5.41) is 8.78. The minimum Gasteiger partial charge on any atom is -0.384 e. The van der Waals surface area contributed by atoms with Crippen molar-refractivity contribution in [3.05, 3.63) is 0 Å². The van der Waals surface area contributed by atoms with Gasteiger partial charge in [0.05, 0.1) is 0 Å². The molecule has 0 aliphatic heterocycles. The maximum Gasteiger partial charge on any atom is 0.162 e. The van der Waals surface area contributed by atoms with Gasteiger partial charge in [0.1, 0.15) is 6.10 Å². The number of carbonyl (C=O) groups excluding carboxylic acids is 1. The van der Waals surface area contributed by atoms with Gasteiger partial charge in [-0.2, -0.15) is 0 Å². The third-order valence-electron chi connectivity index (χ3n) is 1.09. The summed E-state index contributed by atoms with van der Waals surface area (Å²) in [7, 11) is 0. The van der Waals surface area contributed by atoms with Crippen LogP contribution in [-0.4, -0.2) is 23.5 Å². The van der Waals surface area contributed by atoms with Gasteiger partial charge in [-0.1, -0.05) is 6.92 Å². The van der Waals surface area contributed by atoms with Crippen LogP contribution in [0.4, 0.5) is 0 Å². The summed E-state index contributed by atoms with van der Waals surface area (Å²) >= 11 is 0. The molecule has 0 fully saturated rings. The SMILES string of the molecule is CCCC(=O)C(O)CN. The second-order valence-corrected chi connectivity index (χ2v) is 1.97. The summed E-state index contributed by atoms with van der Waals surface area (Å²) in [5.74, 6) is -0.153. The van der Waals surface area contributed by atoms with Gasteiger partial charge in [0.2, 0.25) is 0 Å². The molecular formula is C6H13NO2. The van der Waals surface area contributed by atoms with Crippen LogP contribution in [0.15, 0.2) is 0 Å². The van der Waals surface area contributed by atoms with Crippen LogP contribution >= 0.6 is 0 Å². The lowest BCUT2D eigenvalue weighted by Gasteiger charge is -2.03. The van der Waals surface area contributed by atoms with Crippen LogP contribution in [0.3, 0.4) is 0 Å². The second-order valence-electron chi connectivity index (χ2n) is 1.97. The molecule has 0 heterocycles. The van der Waals surface area contributed by atoms with Gasteiger partial charge in [-0.25, -0.2) is 0 Å². The fourth-order valence-corrected chi connectivity index (χ4v) is 0.544. The highest BCUT2D eigenvalue weighted by molar-refractivity contribution is 5.82. The van der Waals surface area contributed by atoms with E-state index in [0.717, 1.165) is 6.42 Å². The maximum absolute atomic E-state index is 10.6. The third-order valence-corrected chi connectivity index (χ3v) is 1.09. The van der Waals surface area contributed by atoms with E-state index in [1.165, 1.54) is 0 Å². The van der Waals surface area contributed by atoms with Crippen LogP contribution in [0.2, 0.25) is 0 Å². The van der Waals surface area contributed by atoms with Crippen LogP contribution in [0.1, 0.15) is 19.8 Å². The highest BCUT2D eigenvalue weighted by Crippen LogP contribution is 1.92. The standard InChI is InChI=1S/C6H13NO2/c1-2-3-5(8)6(9)4-7/h6,9H,2-4,7H2,1H3. The molecule has 9 heavy (non-hydrogen) atoms. The van der Waals surface area contributed by atoms with E-state index in [4.69, 9.17) is 10.8 Å². The van der Waals surface area contributed by atoms with Crippen LogP contribution in [0.5, 0.6) is 0 Å². The molecule has 1 atom stereocenters. The first kappa shape index (κ1) is 8.59. The number of ketones is 1.